The minimum Gasteiger partial charge on any atom is -0.387 e. The van der Waals surface area contributed by atoms with Gasteiger partial charge in [-0.1, -0.05) is 41.9 Å². The third-order valence-corrected chi connectivity index (χ3v) is 6.04. The lowest BCUT2D eigenvalue weighted by atomic mass is 10.1. The Hall–Kier alpha value is -2.09. The van der Waals surface area contributed by atoms with Crippen molar-refractivity contribution in [2.45, 2.75) is 23.8 Å². The molecular formula is C20H20ClFN2O3S. The standard InChI is InChI=1S/C20H20ClFN2O3S/c21-14-7-5-12(6-8-14)17(25)10-23-19(26)16-11-28-18(20(27)24-16)9-13-3-1-2-4-15(13)22/h1-8,16-18,25H,9-11H2,(H,23,26)(H,24,27). The maximum absolute atomic E-state index is 13.8. The summed E-state index contributed by atoms with van der Waals surface area (Å²) in [6, 6.07) is 12.4. The second kappa shape index (κ2) is 9.41. The predicted octanol–water partition coefficient (Wildman–Crippen LogP) is 2.47. The van der Waals surface area contributed by atoms with Gasteiger partial charge in [-0.3, -0.25) is 9.59 Å². The number of benzene rings is 2. The van der Waals surface area contributed by atoms with E-state index in [4.69, 9.17) is 11.6 Å². The Bertz CT molecular complexity index is 850. The van der Waals surface area contributed by atoms with Crippen molar-refractivity contribution in [3.8, 4) is 0 Å². The first kappa shape index (κ1) is 20.6. The number of rotatable bonds is 6. The van der Waals surface area contributed by atoms with E-state index in [0.29, 0.717) is 21.9 Å². The van der Waals surface area contributed by atoms with Gasteiger partial charge in [0.15, 0.2) is 0 Å². The Morgan fingerprint density at radius 1 is 1.29 bits per heavy atom. The number of hydrogen-bond acceptors (Lipinski definition) is 4. The van der Waals surface area contributed by atoms with E-state index in [0.717, 1.165) is 0 Å². The molecule has 3 N–H and O–H groups in total. The van der Waals surface area contributed by atoms with Crippen LogP contribution in [0.3, 0.4) is 0 Å². The summed E-state index contributed by atoms with van der Waals surface area (Å²) in [6.07, 6.45) is -0.603. The monoisotopic (exact) mass is 422 g/mol. The summed E-state index contributed by atoms with van der Waals surface area (Å²) < 4.78 is 13.8. The third-order valence-electron chi connectivity index (χ3n) is 4.48. The highest BCUT2D eigenvalue weighted by molar-refractivity contribution is 8.00. The van der Waals surface area contributed by atoms with Crippen molar-refractivity contribution in [1.82, 2.24) is 10.6 Å². The fourth-order valence-corrected chi connectivity index (χ4v) is 4.18. The molecule has 3 atom stereocenters. The van der Waals surface area contributed by atoms with Crippen molar-refractivity contribution in [2.24, 2.45) is 0 Å². The van der Waals surface area contributed by atoms with E-state index < -0.39 is 17.4 Å². The van der Waals surface area contributed by atoms with Crippen molar-refractivity contribution < 1.29 is 19.1 Å². The molecule has 5 nitrogen and oxygen atoms in total. The number of amides is 2. The zero-order chi connectivity index (χ0) is 20.1. The molecule has 0 spiro atoms. The Labute approximate surface area is 171 Å². The fourth-order valence-electron chi connectivity index (χ4n) is 2.87. The zero-order valence-electron chi connectivity index (χ0n) is 14.9. The SMILES string of the molecule is O=C(NCC(O)c1ccc(Cl)cc1)C1CSC(Cc2ccccc2F)C(=O)N1. The minimum atomic E-state index is -0.873. The fraction of sp³-hybridized carbons (Fsp3) is 0.300. The van der Waals surface area contributed by atoms with Gasteiger partial charge in [0.1, 0.15) is 11.9 Å². The molecule has 1 saturated heterocycles. The van der Waals surface area contributed by atoms with E-state index in [1.54, 1.807) is 42.5 Å². The van der Waals surface area contributed by atoms with Crippen LogP contribution in [0.4, 0.5) is 4.39 Å². The zero-order valence-corrected chi connectivity index (χ0v) is 16.5. The van der Waals surface area contributed by atoms with E-state index in [1.165, 1.54) is 17.8 Å². The third kappa shape index (κ3) is 5.25. The van der Waals surface area contributed by atoms with Gasteiger partial charge in [0.25, 0.3) is 0 Å². The maximum Gasteiger partial charge on any atom is 0.243 e. The van der Waals surface area contributed by atoms with Crippen LogP contribution >= 0.6 is 23.4 Å². The second-order valence-electron chi connectivity index (χ2n) is 6.49. The van der Waals surface area contributed by atoms with Gasteiger partial charge in [0, 0.05) is 17.3 Å². The maximum atomic E-state index is 13.8. The van der Waals surface area contributed by atoms with Crippen LogP contribution in [0.5, 0.6) is 0 Å². The lowest BCUT2D eigenvalue weighted by Gasteiger charge is -2.28. The molecule has 1 heterocycles. The molecule has 1 aliphatic rings. The van der Waals surface area contributed by atoms with Crippen LogP contribution in [0.1, 0.15) is 17.2 Å². The molecule has 3 rings (SSSR count). The topological polar surface area (TPSA) is 78.4 Å². The van der Waals surface area contributed by atoms with Gasteiger partial charge in [-0.15, -0.1) is 11.8 Å². The van der Waals surface area contributed by atoms with Gasteiger partial charge in [-0.05, 0) is 35.7 Å². The van der Waals surface area contributed by atoms with E-state index in [9.17, 15) is 19.1 Å². The lowest BCUT2D eigenvalue weighted by molar-refractivity contribution is -0.128. The van der Waals surface area contributed by atoms with Gasteiger partial charge in [-0.2, -0.15) is 0 Å². The lowest BCUT2D eigenvalue weighted by Crippen LogP contribution is -2.54. The first-order chi connectivity index (χ1) is 13.4. The molecule has 0 aliphatic carbocycles. The number of aliphatic hydroxyl groups is 1. The highest BCUT2D eigenvalue weighted by atomic mass is 35.5. The number of thioether (sulfide) groups is 1. The Kier molecular flexibility index (Phi) is 6.93. The smallest absolute Gasteiger partial charge is 0.243 e. The van der Waals surface area contributed by atoms with Gasteiger partial charge in [0.05, 0.1) is 11.4 Å². The molecule has 2 amide bonds. The highest BCUT2D eigenvalue weighted by Crippen LogP contribution is 2.23. The average molecular weight is 423 g/mol. The van der Waals surface area contributed by atoms with Crippen LogP contribution in [0.15, 0.2) is 48.5 Å². The molecule has 148 valence electrons. The Morgan fingerprint density at radius 3 is 2.68 bits per heavy atom. The predicted molar refractivity (Wildman–Crippen MR) is 108 cm³/mol. The first-order valence-electron chi connectivity index (χ1n) is 8.80. The molecule has 2 aromatic carbocycles. The van der Waals surface area contributed by atoms with Crippen LogP contribution in [0, 0.1) is 5.82 Å². The molecule has 3 unspecified atom stereocenters. The van der Waals surface area contributed by atoms with Crippen LogP contribution < -0.4 is 10.6 Å². The second-order valence-corrected chi connectivity index (χ2v) is 8.16. The summed E-state index contributed by atoms with van der Waals surface area (Å²) >= 11 is 7.14. The van der Waals surface area contributed by atoms with Gasteiger partial charge in [-0.25, -0.2) is 4.39 Å². The average Bonchev–Trinajstić information content (AvgIpc) is 2.69. The van der Waals surface area contributed by atoms with Crippen molar-refractivity contribution >= 4 is 35.2 Å². The molecule has 2 aromatic rings. The quantitative estimate of drug-likeness (QED) is 0.668. The summed E-state index contributed by atoms with van der Waals surface area (Å²) in [5.41, 5.74) is 1.11. The number of carbonyl (C=O) groups is 2. The molecule has 0 bridgehead atoms. The molecular weight excluding hydrogens is 403 g/mol. The van der Waals surface area contributed by atoms with Crippen molar-refractivity contribution in [3.05, 3.63) is 70.5 Å². The number of nitrogens with one attached hydrogen (secondary N) is 2. The summed E-state index contributed by atoms with van der Waals surface area (Å²) in [4.78, 5) is 24.6. The van der Waals surface area contributed by atoms with Crippen LogP contribution in [0.25, 0.3) is 0 Å². The van der Waals surface area contributed by atoms with Crippen LogP contribution in [0.2, 0.25) is 5.02 Å². The Morgan fingerprint density at radius 2 is 2.00 bits per heavy atom. The van der Waals surface area contributed by atoms with E-state index in [-0.39, 0.29) is 30.6 Å². The van der Waals surface area contributed by atoms with E-state index in [2.05, 4.69) is 10.6 Å². The van der Waals surface area contributed by atoms with Crippen LogP contribution in [-0.4, -0.2) is 40.5 Å². The summed E-state index contributed by atoms with van der Waals surface area (Å²) in [5.74, 6) is -0.614. The van der Waals surface area contributed by atoms with Crippen molar-refractivity contribution in [1.29, 1.82) is 0 Å². The molecule has 0 aromatic heterocycles. The number of halogens is 2. The normalized spacial score (nSPS) is 20.3. The number of hydrogen-bond donors (Lipinski definition) is 3. The molecule has 1 fully saturated rings. The van der Waals surface area contributed by atoms with Crippen LogP contribution in [-0.2, 0) is 16.0 Å². The largest absolute Gasteiger partial charge is 0.387 e. The van der Waals surface area contributed by atoms with Gasteiger partial charge >= 0.3 is 0 Å². The highest BCUT2D eigenvalue weighted by Gasteiger charge is 2.32. The molecule has 1 aliphatic heterocycles. The van der Waals surface area contributed by atoms with E-state index >= 15 is 0 Å². The van der Waals surface area contributed by atoms with Gasteiger partial charge in [0.2, 0.25) is 11.8 Å². The molecule has 28 heavy (non-hydrogen) atoms. The molecule has 8 heteroatoms. The van der Waals surface area contributed by atoms with Gasteiger partial charge < -0.3 is 15.7 Å². The summed E-state index contributed by atoms with van der Waals surface area (Å²) in [7, 11) is 0. The molecule has 0 saturated carbocycles. The van der Waals surface area contributed by atoms with E-state index in [1.807, 2.05) is 0 Å². The first-order valence-corrected chi connectivity index (χ1v) is 10.2. The number of carbonyl (C=O) groups excluding carboxylic acids is 2. The Balaban J connectivity index is 1.49. The van der Waals surface area contributed by atoms with Crippen molar-refractivity contribution in [2.75, 3.05) is 12.3 Å². The molecule has 0 radical (unpaired) electrons. The summed E-state index contributed by atoms with van der Waals surface area (Å²) in [5, 5.41) is 15.6. The van der Waals surface area contributed by atoms with Crippen molar-refractivity contribution in [3.63, 3.8) is 0 Å². The minimum absolute atomic E-state index is 0.0240. The number of aliphatic hydroxyl groups excluding tert-OH is 1. The summed E-state index contributed by atoms with van der Waals surface area (Å²) in [6.45, 7) is 0.0240.